The molecule has 0 fully saturated rings. The molecule has 0 saturated carbocycles. The van der Waals surface area contributed by atoms with E-state index < -0.39 is 0 Å². The summed E-state index contributed by atoms with van der Waals surface area (Å²) in [5.41, 5.74) is 16.4. The zero-order valence-electron chi connectivity index (χ0n) is 39.1. The van der Waals surface area contributed by atoms with Crippen molar-refractivity contribution in [3.8, 4) is 124 Å². The van der Waals surface area contributed by atoms with Crippen molar-refractivity contribution in [2.75, 3.05) is 0 Å². The first-order valence-corrected chi connectivity index (χ1v) is 24.0. The number of hydrogen-bond acceptors (Lipinski definition) is 6. The maximum Gasteiger partial charge on any atom is 0.164 e. The minimum Gasteiger partial charge on any atom is -0.208 e. The summed E-state index contributed by atoms with van der Waals surface area (Å²) in [4.78, 5) is 30.6. The predicted octanol–water partition coefficient (Wildman–Crippen LogP) is 16.4. The van der Waals surface area contributed by atoms with Gasteiger partial charge in [0.25, 0.3) is 0 Å². The normalized spacial score (nSPS) is 11.1. The molecule has 0 aliphatic heterocycles. The second kappa shape index (κ2) is 19.7. The molecule has 0 spiro atoms. The molecule has 0 amide bonds. The van der Waals surface area contributed by atoms with E-state index >= 15 is 0 Å². The van der Waals surface area contributed by atoms with E-state index in [0.29, 0.717) is 34.9 Å². The second-order valence-electron chi connectivity index (χ2n) is 17.6. The molecule has 12 rings (SSSR count). The van der Waals surface area contributed by atoms with Crippen molar-refractivity contribution in [1.82, 2.24) is 29.9 Å². The highest BCUT2D eigenvalue weighted by molar-refractivity contribution is 5.80. The minimum atomic E-state index is 0.594. The fraction of sp³-hybridized carbons (Fsp3) is 0. The fourth-order valence-electron chi connectivity index (χ4n) is 9.05. The molecule has 0 radical (unpaired) electrons. The standard InChI is InChI=1S/C66H44N6/c1-5-18-45(19-6-1)48-36-38-50(39-37-48)62-69-64(58-33-15-27-52(42-58)47-22-9-3-10-23-47)72-66(70-62)60-35-17-31-56(44-60)54-29-13-28-53(40-54)55-30-16-34-59(43-55)65-68-61(49-24-11-4-12-25-49)67-63(71-65)57-32-14-26-51(41-57)46-20-7-2-8-21-46/h1-44H. The van der Waals surface area contributed by atoms with E-state index in [0.717, 1.165) is 89.0 Å². The third-order valence-electron chi connectivity index (χ3n) is 12.8. The van der Waals surface area contributed by atoms with Crippen LogP contribution in [0.3, 0.4) is 0 Å². The summed E-state index contributed by atoms with van der Waals surface area (Å²) in [5, 5.41) is 0. The summed E-state index contributed by atoms with van der Waals surface area (Å²) in [5.74, 6) is 3.64. The molecular weight excluding hydrogens is 877 g/mol. The molecule has 6 nitrogen and oxygen atoms in total. The summed E-state index contributed by atoms with van der Waals surface area (Å²) in [6, 6.07) is 92.0. The van der Waals surface area contributed by atoms with E-state index in [9.17, 15) is 0 Å². The Labute approximate surface area is 418 Å². The van der Waals surface area contributed by atoms with Gasteiger partial charge in [0, 0.05) is 33.4 Å². The molecule has 2 heterocycles. The Kier molecular flexibility index (Phi) is 11.9. The van der Waals surface area contributed by atoms with Gasteiger partial charge in [-0.3, -0.25) is 0 Å². The van der Waals surface area contributed by atoms with E-state index in [1.54, 1.807) is 0 Å². The van der Waals surface area contributed by atoms with Crippen LogP contribution in [0.1, 0.15) is 0 Å². The molecule has 338 valence electrons. The Morgan fingerprint density at radius 2 is 0.292 bits per heavy atom. The maximum atomic E-state index is 5.17. The Bertz CT molecular complexity index is 3840. The topological polar surface area (TPSA) is 77.3 Å². The lowest BCUT2D eigenvalue weighted by atomic mass is 9.97. The van der Waals surface area contributed by atoms with Gasteiger partial charge in [-0.2, -0.15) is 0 Å². The van der Waals surface area contributed by atoms with Crippen molar-refractivity contribution in [3.05, 3.63) is 267 Å². The molecule has 0 saturated heterocycles. The van der Waals surface area contributed by atoms with Gasteiger partial charge in [-0.25, -0.2) is 29.9 Å². The quantitative estimate of drug-likeness (QED) is 0.129. The van der Waals surface area contributed by atoms with Crippen molar-refractivity contribution < 1.29 is 0 Å². The smallest absolute Gasteiger partial charge is 0.164 e. The zero-order chi connectivity index (χ0) is 48.1. The molecule has 72 heavy (non-hydrogen) atoms. The summed E-state index contributed by atoms with van der Waals surface area (Å²) >= 11 is 0. The number of aromatic nitrogens is 6. The monoisotopic (exact) mass is 920 g/mol. The predicted molar refractivity (Wildman–Crippen MR) is 293 cm³/mol. The Balaban J connectivity index is 0.896. The van der Waals surface area contributed by atoms with Gasteiger partial charge < -0.3 is 0 Å². The van der Waals surface area contributed by atoms with E-state index in [1.807, 2.05) is 48.5 Å². The fourth-order valence-corrected chi connectivity index (χ4v) is 9.05. The van der Waals surface area contributed by atoms with Gasteiger partial charge in [-0.1, -0.05) is 237 Å². The van der Waals surface area contributed by atoms with Crippen molar-refractivity contribution >= 4 is 0 Å². The van der Waals surface area contributed by atoms with E-state index in [4.69, 9.17) is 29.9 Å². The van der Waals surface area contributed by atoms with Crippen molar-refractivity contribution in [2.24, 2.45) is 0 Å². The molecular formula is C66H44N6. The van der Waals surface area contributed by atoms with Crippen LogP contribution in [-0.4, -0.2) is 29.9 Å². The molecule has 0 aliphatic carbocycles. The van der Waals surface area contributed by atoms with E-state index in [2.05, 4.69) is 218 Å². The maximum absolute atomic E-state index is 5.17. The first-order valence-electron chi connectivity index (χ1n) is 24.0. The van der Waals surface area contributed by atoms with Crippen molar-refractivity contribution in [1.29, 1.82) is 0 Å². The highest BCUT2D eigenvalue weighted by atomic mass is 15.0. The Hall–Kier alpha value is -9.78. The third-order valence-corrected chi connectivity index (χ3v) is 12.8. The molecule has 0 N–H and O–H groups in total. The van der Waals surface area contributed by atoms with Crippen LogP contribution in [0.15, 0.2) is 267 Å². The van der Waals surface area contributed by atoms with Gasteiger partial charge in [0.05, 0.1) is 0 Å². The molecule has 0 atom stereocenters. The van der Waals surface area contributed by atoms with Crippen LogP contribution in [-0.2, 0) is 0 Å². The van der Waals surface area contributed by atoms with Gasteiger partial charge in [0.15, 0.2) is 34.9 Å². The molecule has 2 aromatic heterocycles. The molecule has 10 aromatic carbocycles. The van der Waals surface area contributed by atoms with Crippen LogP contribution >= 0.6 is 0 Å². The number of rotatable bonds is 11. The average Bonchev–Trinajstić information content (AvgIpc) is 3.48. The lowest BCUT2D eigenvalue weighted by molar-refractivity contribution is 1.07. The van der Waals surface area contributed by atoms with Crippen LogP contribution in [0, 0.1) is 0 Å². The molecule has 6 heteroatoms. The SMILES string of the molecule is c1ccc(-c2ccc(-c3nc(-c4cccc(-c5ccccc5)c4)nc(-c4cccc(-c5cccc(-c6cccc(-c7nc(-c8ccccc8)nc(-c8cccc(-c9ccccc9)c8)n7)c6)c5)c4)n3)cc2)cc1. The van der Waals surface area contributed by atoms with Crippen LogP contribution in [0.25, 0.3) is 124 Å². The summed E-state index contributed by atoms with van der Waals surface area (Å²) in [6.45, 7) is 0. The minimum absolute atomic E-state index is 0.594. The highest BCUT2D eigenvalue weighted by Crippen LogP contribution is 2.35. The van der Waals surface area contributed by atoms with Crippen LogP contribution in [0.2, 0.25) is 0 Å². The molecule has 0 unspecified atom stereocenters. The lowest BCUT2D eigenvalue weighted by Crippen LogP contribution is -2.00. The Morgan fingerprint density at radius 3 is 0.597 bits per heavy atom. The van der Waals surface area contributed by atoms with Gasteiger partial charge in [-0.05, 0) is 86.0 Å². The van der Waals surface area contributed by atoms with Gasteiger partial charge in [0.1, 0.15) is 0 Å². The number of nitrogens with zero attached hydrogens (tertiary/aromatic N) is 6. The van der Waals surface area contributed by atoms with E-state index in [1.165, 1.54) is 0 Å². The number of hydrogen-bond donors (Lipinski definition) is 0. The largest absolute Gasteiger partial charge is 0.208 e. The average molecular weight is 921 g/mol. The zero-order valence-corrected chi connectivity index (χ0v) is 39.1. The van der Waals surface area contributed by atoms with Crippen molar-refractivity contribution in [2.45, 2.75) is 0 Å². The highest BCUT2D eigenvalue weighted by Gasteiger charge is 2.17. The molecule has 12 aromatic rings. The van der Waals surface area contributed by atoms with Gasteiger partial charge in [-0.15, -0.1) is 0 Å². The van der Waals surface area contributed by atoms with Gasteiger partial charge >= 0.3 is 0 Å². The van der Waals surface area contributed by atoms with Crippen LogP contribution in [0.4, 0.5) is 0 Å². The summed E-state index contributed by atoms with van der Waals surface area (Å²) < 4.78 is 0. The molecule has 0 aliphatic rings. The van der Waals surface area contributed by atoms with Gasteiger partial charge in [0.2, 0.25) is 0 Å². The number of benzene rings is 10. The summed E-state index contributed by atoms with van der Waals surface area (Å²) in [7, 11) is 0. The van der Waals surface area contributed by atoms with Crippen LogP contribution < -0.4 is 0 Å². The molecule has 0 bridgehead atoms. The van der Waals surface area contributed by atoms with Crippen LogP contribution in [0.5, 0.6) is 0 Å². The summed E-state index contributed by atoms with van der Waals surface area (Å²) in [6.07, 6.45) is 0. The Morgan fingerprint density at radius 1 is 0.125 bits per heavy atom. The lowest BCUT2D eigenvalue weighted by Gasteiger charge is -2.12. The van der Waals surface area contributed by atoms with E-state index in [-0.39, 0.29) is 0 Å². The second-order valence-corrected chi connectivity index (χ2v) is 17.6. The first kappa shape index (κ1) is 43.5. The first-order chi connectivity index (χ1) is 35.6. The van der Waals surface area contributed by atoms with Crippen molar-refractivity contribution in [3.63, 3.8) is 0 Å². The third kappa shape index (κ3) is 9.36.